The Hall–Kier alpha value is -2.71. The Kier molecular flexibility index (Phi) is 6.67. The number of aliphatic hydroxyl groups is 1. The fraction of sp³-hybridized carbons (Fsp3) is 0.375. The van der Waals surface area contributed by atoms with Crippen molar-refractivity contribution < 1.29 is 28.8 Å². The maximum Gasteiger partial charge on any atom is 0.223 e. The minimum atomic E-state index is -1.05. The molecule has 7 nitrogen and oxygen atoms in total. The quantitative estimate of drug-likeness (QED) is 0.692. The summed E-state index contributed by atoms with van der Waals surface area (Å²) in [5.74, 6) is 0.305. The standard InChI is InChI=1S/C24H27NO6/c1-3-9-16-10-7-8-13-18(16)29-24-20(25-15(2)26)21(27)22-19(30-24)14-28-23(31-22)17-11-5-4-6-12-17/h3-8,10-13,19-24,27H,1,9,14H2,2H3,(H,25,26). The number of para-hydroxylation sites is 1. The lowest BCUT2D eigenvalue weighted by molar-refractivity contribution is -0.333. The second kappa shape index (κ2) is 9.62. The molecule has 6 atom stereocenters. The molecule has 0 spiro atoms. The Morgan fingerprint density at radius 2 is 1.94 bits per heavy atom. The van der Waals surface area contributed by atoms with Gasteiger partial charge in [0.25, 0.3) is 0 Å². The Bertz CT molecular complexity index is 904. The fourth-order valence-electron chi connectivity index (χ4n) is 3.93. The van der Waals surface area contributed by atoms with E-state index in [0.29, 0.717) is 12.2 Å². The van der Waals surface area contributed by atoms with E-state index in [2.05, 4.69) is 11.9 Å². The van der Waals surface area contributed by atoms with Crippen molar-refractivity contribution in [3.63, 3.8) is 0 Å². The summed E-state index contributed by atoms with van der Waals surface area (Å²) in [6.07, 6.45) is -1.40. The van der Waals surface area contributed by atoms with Crippen LogP contribution in [-0.2, 0) is 25.4 Å². The summed E-state index contributed by atoms with van der Waals surface area (Å²) in [5, 5.41) is 13.9. The van der Waals surface area contributed by atoms with E-state index in [4.69, 9.17) is 18.9 Å². The average Bonchev–Trinajstić information content (AvgIpc) is 2.78. The summed E-state index contributed by atoms with van der Waals surface area (Å²) in [6, 6.07) is 16.2. The number of fused-ring (bicyclic) bond motifs is 1. The van der Waals surface area contributed by atoms with E-state index in [1.54, 1.807) is 6.08 Å². The topological polar surface area (TPSA) is 86.2 Å². The number of carbonyl (C=O) groups excluding carboxylic acids is 1. The third-order valence-electron chi connectivity index (χ3n) is 5.39. The van der Waals surface area contributed by atoms with Crippen LogP contribution in [0.3, 0.4) is 0 Å². The van der Waals surface area contributed by atoms with Crippen molar-refractivity contribution >= 4 is 5.91 Å². The molecule has 0 radical (unpaired) electrons. The van der Waals surface area contributed by atoms with E-state index < -0.39 is 36.9 Å². The molecule has 2 aromatic carbocycles. The summed E-state index contributed by atoms with van der Waals surface area (Å²) in [4.78, 5) is 11.9. The van der Waals surface area contributed by atoms with E-state index in [-0.39, 0.29) is 12.5 Å². The molecule has 2 aromatic rings. The summed E-state index contributed by atoms with van der Waals surface area (Å²) in [7, 11) is 0. The van der Waals surface area contributed by atoms with Crippen LogP contribution in [0.4, 0.5) is 0 Å². The highest BCUT2D eigenvalue weighted by molar-refractivity contribution is 5.73. The number of amides is 1. The number of nitrogens with one attached hydrogen (secondary N) is 1. The number of ether oxygens (including phenoxy) is 4. The lowest BCUT2D eigenvalue weighted by atomic mass is 9.95. The Morgan fingerprint density at radius 3 is 2.68 bits per heavy atom. The minimum absolute atomic E-state index is 0.224. The third kappa shape index (κ3) is 4.80. The maximum atomic E-state index is 11.9. The number of rotatable bonds is 6. The Balaban J connectivity index is 1.55. The lowest BCUT2D eigenvalue weighted by Gasteiger charge is -2.47. The SMILES string of the molecule is C=CCc1ccccc1OC1OC2COC(c3ccccc3)OC2C(O)C1NC(C)=O. The van der Waals surface area contributed by atoms with E-state index in [0.717, 1.165) is 11.1 Å². The van der Waals surface area contributed by atoms with Crippen LogP contribution < -0.4 is 10.1 Å². The largest absolute Gasteiger partial charge is 0.462 e. The zero-order chi connectivity index (χ0) is 21.8. The van der Waals surface area contributed by atoms with Crippen LogP contribution in [0.2, 0.25) is 0 Å². The molecule has 6 unspecified atom stereocenters. The molecule has 0 aromatic heterocycles. The van der Waals surface area contributed by atoms with Crippen LogP contribution in [0.1, 0.15) is 24.3 Å². The zero-order valence-electron chi connectivity index (χ0n) is 17.3. The van der Waals surface area contributed by atoms with Gasteiger partial charge >= 0.3 is 0 Å². The molecule has 31 heavy (non-hydrogen) atoms. The minimum Gasteiger partial charge on any atom is -0.462 e. The van der Waals surface area contributed by atoms with Crippen molar-refractivity contribution in [2.24, 2.45) is 0 Å². The van der Waals surface area contributed by atoms with Gasteiger partial charge in [-0.3, -0.25) is 4.79 Å². The van der Waals surface area contributed by atoms with E-state index >= 15 is 0 Å². The summed E-state index contributed by atoms with van der Waals surface area (Å²) < 4.78 is 24.1. The molecule has 1 amide bonds. The second-order valence-electron chi connectivity index (χ2n) is 7.65. The highest BCUT2D eigenvalue weighted by atomic mass is 16.7. The van der Waals surface area contributed by atoms with Crippen LogP contribution in [-0.4, -0.2) is 48.3 Å². The van der Waals surface area contributed by atoms with Crippen molar-refractivity contribution in [1.82, 2.24) is 5.32 Å². The molecule has 0 aliphatic carbocycles. The summed E-state index contributed by atoms with van der Waals surface area (Å²) >= 11 is 0. The third-order valence-corrected chi connectivity index (χ3v) is 5.39. The van der Waals surface area contributed by atoms with Crippen LogP contribution in [0, 0.1) is 0 Å². The van der Waals surface area contributed by atoms with Gasteiger partial charge in [0.2, 0.25) is 12.2 Å². The maximum absolute atomic E-state index is 11.9. The Morgan fingerprint density at radius 1 is 1.19 bits per heavy atom. The van der Waals surface area contributed by atoms with Crippen LogP contribution in [0.15, 0.2) is 67.3 Å². The zero-order valence-corrected chi connectivity index (χ0v) is 17.3. The summed E-state index contributed by atoms with van der Waals surface area (Å²) in [5.41, 5.74) is 1.78. The molecule has 4 rings (SSSR count). The molecular weight excluding hydrogens is 398 g/mol. The molecule has 0 saturated carbocycles. The predicted octanol–water partition coefficient (Wildman–Crippen LogP) is 2.50. The van der Waals surface area contributed by atoms with Gasteiger partial charge in [-0.25, -0.2) is 0 Å². The van der Waals surface area contributed by atoms with Gasteiger partial charge in [-0.15, -0.1) is 6.58 Å². The van der Waals surface area contributed by atoms with Gasteiger partial charge in [-0.2, -0.15) is 0 Å². The Labute approximate surface area is 181 Å². The normalized spacial score (nSPS) is 30.1. The molecule has 2 heterocycles. The molecule has 2 saturated heterocycles. The van der Waals surface area contributed by atoms with Crippen LogP contribution in [0.5, 0.6) is 5.75 Å². The van der Waals surface area contributed by atoms with Gasteiger partial charge in [0, 0.05) is 12.5 Å². The molecule has 2 aliphatic rings. The van der Waals surface area contributed by atoms with Crippen molar-refractivity contribution in [2.45, 2.75) is 50.3 Å². The lowest BCUT2D eigenvalue weighted by Crippen LogP contribution is -2.67. The van der Waals surface area contributed by atoms with Crippen LogP contribution in [0.25, 0.3) is 0 Å². The second-order valence-corrected chi connectivity index (χ2v) is 7.65. The number of benzene rings is 2. The number of aliphatic hydroxyl groups excluding tert-OH is 1. The predicted molar refractivity (Wildman–Crippen MR) is 113 cm³/mol. The van der Waals surface area contributed by atoms with E-state index in [1.807, 2.05) is 54.6 Å². The number of hydrogen-bond donors (Lipinski definition) is 2. The molecule has 7 heteroatoms. The number of hydrogen-bond acceptors (Lipinski definition) is 6. The van der Waals surface area contributed by atoms with E-state index in [9.17, 15) is 9.90 Å². The van der Waals surface area contributed by atoms with Gasteiger partial charge in [-0.1, -0.05) is 54.6 Å². The van der Waals surface area contributed by atoms with Gasteiger partial charge in [0.15, 0.2) is 6.29 Å². The molecular formula is C24H27NO6. The van der Waals surface area contributed by atoms with Crippen molar-refractivity contribution in [2.75, 3.05) is 6.61 Å². The smallest absolute Gasteiger partial charge is 0.223 e. The van der Waals surface area contributed by atoms with E-state index in [1.165, 1.54) is 6.92 Å². The number of carbonyl (C=O) groups is 1. The first-order valence-corrected chi connectivity index (χ1v) is 10.3. The molecule has 2 N–H and O–H groups in total. The van der Waals surface area contributed by atoms with Crippen molar-refractivity contribution in [3.8, 4) is 5.75 Å². The van der Waals surface area contributed by atoms with Gasteiger partial charge < -0.3 is 29.4 Å². The first kappa shape index (κ1) is 21.5. The van der Waals surface area contributed by atoms with Crippen LogP contribution >= 0.6 is 0 Å². The molecule has 0 bridgehead atoms. The van der Waals surface area contributed by atoms with Crippen molar-refractivity contribution in [3.05, 3.63) is 78.4 Å². The average molecular weight is 425 g/mol. The van der Waals surface area contributed by atoms with Crippen molar-refractivity contribution in [1.29, 1.82) is 0 Å². The molecule has 164 valence electrons. The number of allylic oxidation sites excluding steroid dienone is 1. The van der Waals surface area contributed by atoms with Gasteiger partial charge in [0.1, 0.15) is 30.1 Å². The highest BCUT2D eigenvalue weighted by Gasteiger charge is 2.50. The molecule has 2 aliphatic heterocycles. The fourth-order valence-corrected chi connectivity index (χ4v) is 3.93. The highest BCUT2D eigenvalue weighted by Crippen LogP contribution is 2.35. The first-order chi connectivity index (χ1) is 15.1. The monoisotopic (exact) mass is 425 g/mol. The summed E-state index contributed by atoms with van der Waals surface area (Å²) in [6.45, 7) is 5.39. The van der Waals surface area contributed by atoms with Gasteiger partial charge in [0.05, 0.1) is 6.61 Å². The van der Waals surface area contributed by atoms with Gasteiger partial charge in [-0.05, 0) is 18.1 Å². The molecule has 2 fully saturated rings. The first-order valence-electron chi connectivity index (χ1n) is 10.3.